The van der Waals surface area contributed by atoms with Gasteiger partial charge < -0.3 is 20.9 Å². The van der Waals surface area contributed by atoms with Crippen molar-refractivity contribution in [1.82, 2.24) is 0 Å². The lowest BCUT2D eigenvalue weighted by atomic mass is 10.1. The first kappa shape index (κ1) is 30.3. The summed E-state index contributed by atoms with van der Waals surface area (Å²) >= 11 is 6.32. The zero-order valence-electron chi connectivity index (χ0n) is 23.1. The summed E-state index contributed by atoms with van der Waals surface area (Å²) in [6.07, 6.45) is 3.79. The molecule has 7 nitrogen and oxygen atoms in total. The minimum absolute atomic E-state index is 0.00949. The van der Waals surface area contributed by atoms with Crippen LogP contribution < -0.4 is 20.9 Å². The Morgan fingerprint density at radius 1 is 0.705 bits per heavy atom. The molecule has 0 radical (unpaired) electrons. The van der Waals surface area contributed by atoms with Gasteiger partial charge in [0.05, 0.1) is 31.4 Å². The standard InChI is InChI=1S/C33H26Br2F2N4O3/c34-27-11-1-19(13-29(27)36)25-15-32(25,38)17-40-21-3-7-23(8-4-21)43-31(42)44-24-9-5-22(6-10-24)41-18-33(39)16-26(33)20-2-12-28(35)30(37)14-20/h1-14,17-18,25-26H,15-16,38-39H2/t25-,26-,32+,33+/m0/s1. The molecule has 2 aliphatic carbocycles. The van der Waals surface area contributed by atoms with Crippen LogP contribution in [0.4, 0.5) is 25.0 Å². The van der Waals surface area contributed by atoms with Gasteiger partial charge in [0.2, 0.25) is 0 Å². The Kier molecular flexibility index (Phi) is 8.23. The van der Waals surface area contributed by atoms with Gasteiger partial charge in [0.1, 0.15) is 23.1 Å². The van der Waals surface area contributed by atoms with Crippen LogP contribution in [0.5, 0.6) is 11.5 Å². The second-order valence-corrected chi connectivity index (χ2v) is 12.8. The summed E-state index contributed by atoms with van der Waals surface area (Å²) in [4.78, 5) is 21.2. The van der Waals surface area contributed by atoms with Gasteiger partial charge in [-0.1, -0.05) is 12.1 Å². The second kappa shape index (κ2) is 12.0. The Morgan fingerprint density at radius 3 is 1.45 bits per heavy atom. The lowest BCUT2D eigenvalue weighted by molar-refractivity contribution is 0.152. The van der Waals surface area contributed by atoms with Crippen LogP contribution in [0.25, 0.3) is 0 Å². The van der Waals surface area contributed by atoms with E-state index in [0.717, 1.165) is 11.1 Å². The predicted octanol–water partition coefficient (Wildman–Crippen LogP) is 8.24. The first-order valence-corrected chi connectivity index (χ1v) is 15.3. The summed E-state index contributed by atoms with van der Waals surface area (Å²) in [5.41, 5.74) is 14.5. The molecular weight excluding hydrogens is 698 g/mol. The maximum atomic E-state index is 13.9. The molecule has 2 aliphatic rings. The molecule has 4 N–H and O–H groups in total. The van der Waals surface area contributed by atoms with E-state index >= 15 is 0 Å². The fourth-order valence-electron chi connectivity index (χ4n) is 4.99. The van der Waals surface area contributed by atoms with Crippen molar-refractivity contribution in [3.05, 3.63) is 117 Å². The van der Waals surface area contributed by atoms with Crippen molar-refractivity contribution >= 4 is 61.8 Å². The Morgan fingerprint density at radius 2 is 1.09 bits per heavy atom. The lowest BCUT2D eigenvalue weighted by Gasteiger charge is -2.08. The van der Waals surface area contributed by atoms with Crippen molar-refractivity contribution in [2.75, 3.05) is 0 Å². The number of hydrogen-bond donors (Lipinski definition) is 2. The van der Waals surface area contributed by atoms with E-state index in [1.54, 1.807) is 73.1 Å². The Bertz CT molecular complexity index is 1660. The minimum atomic E-state index is -0.899. The smallest absolute Gasteiger partial charge is 0.395 e. The molecule has 4 aromatic rings. The van der Waals surface area contributed by atoms with E-state index in [4.69, 9.17) is 20.9 Å². The van der Waals surface area contributed by atoms with Crippen LogP contribution in [-0.2, 0) is 0 Å². The SMILES string of the molecule is N[C@@]1(C=Nc2ccc(OC(=O)Oc3ccc(N=C[C@]4(N)C[C@H]4c4ccc(Br)c(F)c4)cc3)cc2)C[C@H]1c1ccc(Br)c(F)c1. The molecule has 0 aromatic heterocycles. The van der Waals surface area contributed by atoms with Crippen molar-refractivity contribution in [3.8, 4) is 11.5 Å². The topological polar surface area (TPSA) is 112 Å². The highest BCUT2D eigenvalue weighted by atomic mass is 79.9. The molecule has 4 aromatic carbocycles. The number of halogens is 4. The number of ether oxygens (including phenoxy) is 2. The van der Waals surface area contributed by atoms with Crippen LogP contribution in [0.2, 0.25) is 0 Å². The fraction of sp³-hybridized carbons (Fsp3) is 0.182. The van der Waals surface area contributed by atoms with Crippen LogP contribution in [-0.4, -0.2) is 29.7 Å². The minimum Gasteiger partial charge on any atom is -0.395 e. The third-order valence-electron chi connectivity index (χ3n) is 7.77. The molecule has 0 spiro atoms. The zero-order chi connectivity index (χ0) is 31.1. The normalized spacial score (nSPS) is 24.0. The summed E-state index contributed by atoms with van der Waals surface area (Å²) in [6.45, 7) is 0. The molecule has 0 unspecified atom stereocenters. The van der Waals surface area contributed by atoms with E-state index in [2.05, 4.69) is 41.8 Å². The van der Waals surface area contributed by atoms with Gasteiger partial charge >= 0.3 is 6.16 Å². The van der Waals surface area contributed by atoms with Gasteiger partial charge in [0.25, 0.3) is 0 Å². The molecule has 0 bridgehead atoms. The van der Waals surface area contributed by atoms with E-state index in [1.165, 1.54) is 12.1 Å². The van der Waals surface area contributed by atoms with Gasteiger partial charge in [-0.05, 0) is 129 Å². The first-order chi connectivity index (χ1) is 21.0. The van der Waals surface area contributed by atoms with Gasteiger partial charge in [0.15, 0.2) is 0 Å². The number of nitrogens with two attached hydrogens (primary N) is 2. The summed E-state index contributed by atoms with van der Waals surface area (Å²) in [5.74, 6) is -0.103. The molecule has 0 heterocycles. The van der Waals surface area contributed by atoms with E-state index in [1.807, 2.05) is 12.1 Å². The monoisotopic (exact) mass is 722 g/mol. The summed E-state index contributed by atoms with van der Waals surface area (Å²) in [5, 5.41) is 0. The van der Waals surface area contributed by atoms with Gasteiger partial charge in [-0.3, -0.25) is 9.98 Å². The van der Waals surface area contributed by atoms with Crippen LogP contribution in [0, 0.1) is 11.6 Å². The summed E-state index contributed by atoms with van der Waals surface area (Å²) in [6, 6.07) is 23.2. The van der Waals surface area contributed by atoms with Crippen LogP contribution in [0.3, 0.4) is 0 Å². The second-order valence-electron chi connectivity index (χ2n) is 11.0. The van der Waals surface area contributed by atoms with E-state index in [0.29, 0.717) is 33.2 Å². The van der Waals surface area contributed by atoms with Crippen molar-refractivity contribution in [1.29, 1.82) is 0 Å². The number of hydrogen-bond acceptors (Lipinski definition) is 7. The molecule has 224 valence electrons. The van der Waals surface area contributed by atoms with Crippen LogP contribution in [0.1, 0.15) is 35.8 Å². The van der Waals surface area contributed by atoms with Crippen LogP contribution in [0.15, 0.2) is 104 Å². The third-order valence-corrected chi connectivity index (χ3v) is 9.05. The number of rotatable bonds is 8. The molecule has 2 saturated carbocycles. The largest absolute Gasteiger partial charge is 0.519 e. The van der Waals surface area contributed by atoms with Crippen molar-refractivity contribution < 1.29 is 23.0 Å². The Balaban J connectivity index is 0.984. The molecule has 0 saturated heterocycles. The lowest BCUT2D eigenvalue weighted by Crippen LogP contribution is -2.26. The number of carbonyl (C=O) groups is 1. The highest BCUT2D eigenvalue weighted by Crippen LogP contribution is 2.50. The molecule has 4 atom stereocenters. The zero-order valence-corrected chi connectivity index (χ0v) is 26.3. The Hall–Kier alpha value is -3.77. The molecule has 11 heteroatoms. The molecule has 0 amide bonds. The van der Waals surface area contributed by atoms with Gasteiger partial charge in [-0.15, -0.1) is 0 Å². The molecular formula is C33H26Br2F2N4O3. The average molecular weight is 724 g/mol. The maximum absolute atomic E-state index is 13.9. The van der Waals surface area contributed by atoms with E-state index in [9.17, 15) is 13.6 Å². The number of nitrogens with zero attached hydrogens (tertiary/aromatic N) is 2. The van der Waals surface area contributed by atoms with Crippen molar-refractivity contribution in [3.63, 3.8) is 0 Å². The molecule has 44 heavy (non-hydrogen) atoms. The van der Waals surface area contributed by atoms with Gasteiger partial charge in [0, 0.05) is 24.3 Å². The molecule has 2 fully saturated rings. The molecule has 0 aliphatic heterocycles. The maximum Gasteiger partial charge on any atom is 0.519 e. The first-order valence-electron chi connectivity index (χ1n) is 13.7. The molecule has 6 rings (SSSR count). The Labute approximate surface area is 269 Å². The van der Waals surface area contributed by atoms with Crippen LogP contribution >= 0.6 is 31.9 Å². The highest BCUT2D eigenvalue weighted by molar-refractivity contribution is 9.10. The van der Waals surface area contributed by atoms with Crippen molar-refractivity contribution in [2.45, 2.75) is 35.8 Å². The fourth-order valence-corrected chi connectivity index (χ4v) is 5.49. The number of benzene rings is 4. The van der Waals surface area contributed by atoms with E-state index < -0.39 is 17.2 Å². The number of aliphatic imine (C=N–C) groups is 2. The number of carbonyl (C=O) groups excluding carboxylic acids is 1. The quantitative estimate of drug-likeness (QED) is 0.108. The summed E-state index contributed by atoms with van der Waals surface area (Å²) in [7, 11) is 0. The van der Waals surface area contributed by atoms with E-state index in [-0.39, 0.29) is 35.0 Å². The summed E-state index contributed by atoms with van der Waals surface area (Å²) < 4.78 is 39.2. The van der Waals surface area contributed by atoms with Crippen molar-refractivity contribution in [2.24, 2.45) is 21.5 Å². The van der Waals surface area contributed by atoms with Gasteiger partial charge in [-0.2, -0.15) is 0 Å². The third kappa shape index (κ3) is 6.81. The average Bonchev–Trinajstić information content (AvgIpc) is 3.89. The highest BCUT2D eigenvalue weighted by Gasteiger charge is 2.51. The predicted molar refractivity (Wildman–Crippen MR) is 173 cm³/mol. The van der Waals surface area contributed by atoms with Gasteiger partial charge in [-0.25, -0.2) is 13.6 Å².